The number of carboxylic acid groups (broad SMARTS) is 2. The topological polar surface area (TPSA) is 242 Å². The van der Waals surface area contributed by atoms with Crippen LogP contribution < -0.4 is 22.1 Å². The van der Waals surface area contributed by atoms with Crippen molar-refractivity contribution >= 4 is 23.8 Å². The molecule has 2 rings (SSSR count). The largest absolute Gasteiger partial charge is 0.480 e. The van der Waals surface area contributed by atoms with Crippen LogP contribution in [0.25, 0.3) is 0 Å². The second kappa shape index (κ2) is 12.7. The summed E-state index contributed by atoms with van der Waals surface area (Å²) in [6.07, 6.45) is 6.29. The first-order valence-corrected chi connectivity index (χ1v) is 9.10. The van der Waals surface area contributed by atoms with Crippen LogP contribution in [0.4, 0.5) is 0 Å². The highest BCUT2D eigenvalue weighted by Gasteiger charge is 2.22. The first-order chi connectivity index (χ1) is 14.6. The van der Waals surface area contributed by atoms with E-state index in [2.05, 4.69) is 30.6 Å². The minimum atomic E-state index is -1.11. The molecule has 0 aliphatic heterocycles. The molecule has 0 aromatic carbocycles. The summed E-state index contributed by atoms with van der Waals surface area (Å²) in [5.74, 6) is -3.22. The van der Waals surface area contributed by atoms with E-state index in [-0.39, 0.29) is 19.4 Å². The molecule has 170 valence electrons. The molecule has 14 heteroatoms. The Balaban J connectivity index is 0.000000311. The van der Waals surface area contributed by atoms with Gasteiger partial charge in [0.25, 0.3) is 0 Å². The van der Waals surface area contributed by atoms with Gasteiger partial charge in [0.05, 0.1) is 36.6 Å². The smallest absolute Gasteiger partial charge is 0.326 e. The van der Waals surface area contributed by atoms with Gasteiger partial charge in [-0.15, -0.1) is 0 Å². The standard InChI is InChI=1S/C9H14N4O3.C8H12N4O3/c1-5(10)8(14)13-7(9(15)16)2-6-3-11-4-12-6;9-2-7(13)12-6(8(14)15)1-5-3-10-4-11-5/h3-5,7H,2,10H2,1H3,(H,11,12)(H,13,14)(H,15,16);3-4,6H,1-2,9H2,(H,10,11)(H,12,13)(H,14,15). The maximum atomic E-state index is 11.3. The van der Waals surface area contributed by atoms with Crippen molar-refractivity contribution in [2.75, 3.05) is 6.54 Å². The summed E-state index contributed by atoms with van der Waals surface area (Å²) >= 11 is 0. The van der Waals surface area contributed by atoms with Gasteiger partial charge in [-0.25, -0.2) is 19.6 Å². The molecule has 10 N–H and O–H groups in total. The number of rotatable bonds is 10. The molecule has 0 fully saturated rings. The predicted octanol–water partition coefficient (Wildman–Crippen LogP) is -2.65. The molecule has 0 radical (unpaired) electrons. The molecule has 0 aliphatic carbocycles. The van der Waals surface area contributed by atoms with Crippen LogP contribution in [0, 0.1) is 0 Å². The second-order valence-electron chi connectivity index (χ2n) is 6.38. The summed E-state index contributed by atoms with van der Waals surface area (Å²) in [6.45, 7) is 1.26. The van der Waals surface area contributed by atoms with Gasteiger partial charge in [-0.1, -0.05) is 0 Å². The first kappa shape index (κ1) is 25.3. The van der Waals surface area contributed by atoms with E-state index in [0.29, 0.717) is 11.4 Å². The van der Waals surface area contributed by atoms with E-state index in [1.807, 2.05) is 0 Å². The van der Waals surface area contributed by atoms with E-state index in [9.17, 15) is 19.2 Å². The summed E-state index contributed by atoms with van der Waals surface area (Å²) < 4.78 is 0. The number of nitrogens with one attached hydrogen (secondary N) is 4. The highest BCUT2D eigenvalue weighted by atomic mass is 16.4. The number of H-pyrrole nitrogens is 2. The van der Waals surface area contributed by atoms with Crippen LogP contribution in [0.15, 0.2) is 25.0 Å². The van der Waals surface area contributed by atoms with Gasteiger partial charge in [-0.3, -0.25) is 9.59 Å². The molecule has 2 amide bonds. The Hall–Kier alpha value is -3.78. The van der Waals surface area contributed by atoms with Crippen LogP contribution >= 0.6 is 0 Å². The number of aliphatic carboxylic acids is 2. The average Bonchev–Trinajstić information content (AvgIpc) is 3.41. The molecule has 2 aromatic rings. The normalized spacial score (nSPS) is 13.1. The predicted molar refractivity (Wildman–Crippen MR) is 106 cm³/mol. The van der Waals surface area contributed by atoms with Gasteiger partial charge in [0.2, 0.25) is 11.8 Å². The Bertz CT molecular complexity index is 837. The zero-order valence-corrected chi connectivity index (χ0v) is 16.7. The molecule has 14 nitrogen and oxygen atoms in total. The van der Waals surface area contributed by atoms with Crippen molar-refractivity contribution < 1.29 is 29.4 Å². The van der Waals surface area contributed by atoms with E-state index in [1.165, 1.54) is 19.6 Å². The maximum absolute atomic E-state index is 11.3. The molecule has 0 spiro atoms. The van der Waals surface area contributed by atoms with E-state index >= 15 is 0 Å². The number of carbonyl (C=O) groups excluding carboxylic acids is 2. The van der Waals surface area contributed by atoms with Crippen LogP contribution in [-0.4, -0.2) is 78.6 Å². The van der Waals surface area contributed by atoms with Gasteiger partial charge in [-0.2, -0.15) is 0 Å². The number of nitrogens with zero attached hydrogens (tertiary/aromatic N) is 2. The number of carbonyl (C=O) groups is 4. The van der Waals surface area contributed by atoms with Gasteiger partial charge < -0.3 is 42.3 Å². The van der Waals surface area contributed by atoms with E-state index in [4.69, 9.17) is 21.7 Å². The van der Waals surface area contributed by atoms with Crippen molar-refractivity contribution in [2.24, 2.45) is 11.5 Å². The Morgan fingerprint density at radius 3 is 1.74 bits per heavy atom. The SMILES string of the molecule is CC(N)C(=O)NC(Cc1c[nH]cn1)C(=O)O.NCC(=O)NC(Cc1c[nH]cn1)C(=O)O. The van der Waals surface area contributed by atoms with Crippen molar-refractivity contribution in [1.29, 1.82) is 0 Å². The van der Waals surface area contributed by atoms with Crippen LogP contribution in [0.2, 0.25) is 0 Å². The van der Waals surface area contributed by atoms with Gasteiger partial charge in [0.1, 0.15) is 12.1 Å². The van der Waals surface area contributed by atoms with Gasteiger partial charge in [0, 0.05) is 25.2 Å². The van der Waals surface area contributed by atoms with Crippen LogP contribution in [0.5, 0.6) is 0 Å². The molecule has 3 atom stereocenters. The fourth-order valence-electron chi connectivity index (χ4n) is 2.18. The van der Waals surface area contributed by atoms with Crippen LogP contribution in [0.1, 0.15) is 18.3 Å². The molecule has 2 heterocycles. The van der Waals surface area contributed by atoms with Gasteiger partial charge >= 0.3 is 11.9 Å². The summed E-state index contributed by atoms with van der Waals surface area (Å²) in [6, 6.07) is -2.74. The Labute approximate surface area is 176 Å². The summed E-state index contributed by atoms with van der Waals surface area (Å²) in [4.78, 5) is 57.0. The summed E-state index contributed by atoms with van der Waals surface area (Å²) in [7, 11) is 0. The molecule has 31 heavy (non-hydrogen) atoms. The molecular weight excluding hydrogens is 412 g/mol. The number of amides is 2. The van der Waals surface area contributed by atoms with Gasteiger partial charge in [0.15, 0.2) is 0 Å². The minimum absolute atomic E-state index is 0.122. The zero-order chi connectivity index (χ0) is 23.4. The van der Waals surface area contributed by atoms with E-state index in [1.54, 1.807) is 12.4 Å². The summed E-state index contributed by atoms with van der Waals surface area (Å²) in [5, 5.41) is 22.4. The van der Waals surface area contributed by atoms with E-state index < -0.39 is 41.9 Å². The fraction of sp³-hybridized carbons (Fsp3) is 0.412. The minimum Gasteiger partial charge on any atom is -0.480 e. The Morgan fingerprint density at radius 2 is 1.42 bits per heavy atom. The van der Waals surface area contributed by atoms with Crippen molar-refractivity contribution in [1.82, 2.24) is 30.6 Å². The maximum Gasteiger partial charge on any atom is 0.326 e. The summed E-state index contributed by atoms with van der Waals surface area (Å²) in [5.41, 5.74) is 11.5. The third kappa shape index (κ3) is 9.51. The Morgan fingerprint density at radius 1 is 0.968 bits per heavy atom. The third-order valence-electron chi connectivity index (χ3n) is 3.78. The lowest BCUT2D eigenvalue weighted by Crippen LogP contribution is -2.48. The number of hydrogen-bond acceptors (Lipinski definition) is 8. The monoisotopic (exact) mass is 438 g/mol. The molecule has 0 bridgehead atoms. The highest BCUT2D eigenvalue weighted by Crippen LogP contribution is 1.99. The van der Waals surface area contributed by atoms with Crippen LogP contribution in [0.3, 0.4) is 0 Å². The highest BCUT2D eigenvalue weighted by molar-refractivity contribution is 5.86. The number of carboxylic acids is 2. The number of hydrogen-bond donors (Lipinski definition) is 8. The van der Waals surface area contributed by atoms with Crippen molar-refractivity contribution in [3.05, 3.63) is 36.4 Å². The molecule has 3 unspecified atom stereocenters. The quantitative estimate of drug-likeness (QED) is 0.191. The number of aromatic nitrogens is 4. The lowest BCUT2D eigenvalue weighted by Gasteiger charge is -2.14. The number of nitrogens with two attached hydrogens (primary N) is 2. The fourth-order valence-corrected chi connectivity index (χ4v) is 2.18. The molecule has 2 aromatic heterocycles. The number of aromatic amines is 2. The van der Waals surface area contributed by atoms with Crippen molar-refractivity contribution in [3.63, 3.8) is 0 Å². The third-order valence-corrected chi connectivity index (χ3v) is 3.78. The van der Waals surface area contributed by atoms with Gasteiger partial charge in [-0.05, 0) is 6.92 Å². The molecule has 0 saturated heterocycles. The first-order valence-electron chi connectivity index (χ1n) is 9.10. The molecular formula is C17H26N8O6. The lowest BCUT2D eigenvalue weighted by molar-refractivity contribution is -0.142. The zero-order valence-electron chi connectivity index (χ0n) is 16.7. The van der Waals surface area contributed by atoms with E-state index in [0.717, 1.165) is 0 Å². The van der Waals surface area contributed by atoms with Crippen molar-refractivity contribution in [3.8, 4) is 0 Å². The molecule has 0 aliphatic rings. The van der Waals surface area contributed by atoms with Crippen LogP contribution in [-0.2, 0) is 32.0 Å². The molecule has 0 saturated carbocycles. The lowest BCUT2D eigenvalue weighted by atomic mass is 10.1. The van der Waals surface area contributed by atoms with Crippen molar-refractivity contribution in [2.45, 2.75) is 37.9 Å². The average molecular weight is 438 g/mol. The number of imidazole rings is 2. The second-order valence-corrected chi connectivity index (χ2v) is 6.38. The Kier molecular flexibility index (Phi) is 10.4.